The van der Waals surface area contributed by atoms with Crippen LogP contribution in [0.5, 0.6) is 5.75 Å². The number of benzene rings is 4. The summed E-state index contributed by atoms with van der Waals surface area (Å²) in [6.45, 7) is 4.59. The number of rotatable bonds is 12. The molecule has 0 unspecified atom stereocenters. The standard InChI is InChI=1S/C35H33NO6/c1-22-7-11-24(12-8-22)31-32(25-13-9-23(2)10-14-25)42-33(36-31)28-16-15-27-21-29(18-17-26(27)20-28)41-19-5-3-4-6-30(34(37)38)35(39)40/h7-18,20-21,30H,3-6,19H2,1-2H3,(H,37,38)(H,39,40). The van der Waals surface area contributed by atoms with E-state index in [1.807, 2.05) is 30.3 Å². The molecule has 5 rings (SSSR count). The van der Waals surface area contributed by atoms with Gasteiger partial charge in [0.15, 0.2) is 11.7 Å². The van der Waals surface area contributed by atoms with E-state index >= 15 is 0 Å². The third kappa shape index (κ3) is 6.69. The summed E-state index contributed by atoms with van der Waals surface area (Å²) >= 11 is 0. The van der Waals surface area contributed by atoms with E-state index in [4.69, 9.17) is 24.4 Å². The summed E-state index contributed by atoms with van der Waals surface area (Å²) in [5.41, 5.74) is 6.02. The van der Waals surface area contributed by atoms with Gasteiger partial charge in [0.2, 0.25) is 5.89 Å². The average Bonchev–Trinajstić information content (AvgIpc) is 3.42. The Morgan fingerprint density at radius 1 is 0.738 bits per heavy atom. The predicted octanol–water partition coefficient (Wildman–Crippen LogP) is 8.17. The zero-order valence-electron chi connectivity index (χ0n) is 23.7. The minimum Gasteiger partial charge on any atom is -0.494 e. The van der Waals surface area contributed by atoms with Crippen molar-refractivity contribution in [3.8, 4) is 39.8 Å². The lowest BCUT2D eigenvalue weighted by Crippen LogP contribution is -2.23. The Kier molecular flexibility index (Phi) is 8.67. The van der Waals surface area contributed by atoms with Crippen molar-refractivity contribution in [1.29, 1.82) is 0 Å². The van der Waals surface area contributed by atoms with Crippen LogP contribution in [0.2, 0.25) is 0 Å². The van der Waals surface area contributed by atoms with Crippen LogP contribution in [0, 0.1) is 19.8 Å². The maximum absolute atomic E-state index is 11.0. The third-order valence-corrected chi connectivity index (χ3v) is 7.33. The van der Waals surface area contributed by atoms with Gasteiger partial charge in [0, 0.05) is 16.7 Å². The van der Waals surface area contributed by atoms with Crippen LogP contribution in [0.1, 0.15) is 36.8 Å². The van der Waals surface area contributed by atoms with Gasteiger partial charge < -0.3 is 19.4 Å². The summed E-state index contributed by atoms with van der Waals surface area (Å²) in [4.78, 5) is 26.9. The number of ether oxygens (including phenoxy) is 1. The molecule has 42 heavy (non-hydrogen) atoms. The Hall–Kier alpha value is -4.91. The number of carbonyl (C=O) groups is 2. The van der Waals surface area contributed by atoms with Gasteiger partial charge in [0.25, 0.3) is 0 Å². The zero-order chi connectivity index (χ0) is 29.6. The molecule has 0 aliphatic carbocycles. The molecule has 4 aromatic carbocycles. The molecule has 0 atom stereocenters. The lowest BCUT2D eigenvalue weighted by Gasteiger charge is -2.09. The summed E-state index contributed by atoms with van der Waals surface area (Å²) in [7, 11) is 0. The molecule has 0 spiro atoms. The number of aromatic nitrogens is 1. The van der Waals surface area contributed by atoms with Gasteiger partial charge in [-0.15, -0.1) is 0 Å². The highest BCUT2D eigenvalue weighted by molar-refractivity contribution is 5.92. The van der Waals surface area contributed by atoms with Crippen LogP contribution in [-0.2, 0) is 9.59 Å². The van der Waals surface area contributed by atoms with Crippen molar-refractivity contribution >= 4 is 22.7 Å². The largest absolute Gasteiger partial charge is 0.494 e. The minimum atomic E-state index is -1.35. The molecule has 1 heterocycles. The van der Waals surface area contributed by atoms with E-state index in [0.29, 0.717) is 31.8 Å². The SMILES string of the molecule is Cc1ccc(-c2nc(-c3ccc4cc(OCCCCCC(C(=O)O)C(=O)O)ccc4c3)oc2-c2ccc(C)cc2)cc1. The number of fused-ring (bicyclic) bond motifs is 1. The number of aryl methyl sites for hydroxylation is 2. The molecule has 214 valence electrons. The second-order valence-electron chi connectivity index (χ2n) is 10.6. The lowest BCUT2D eigenvalue weighted by atomic mass is 10.0. The lowest BCUT2D eigenvalue weighted by molar-refractivity contribution is -0.154. The molecular weight excluding hydrogens is 530 g/mol. The van der Waals surface area contributed by atoms with Crippen molar-refractivity contribution in [1.82, 2.24) is 4.98 Å². The van der Waals surface area contributed by atoms with Gasteiger partial charge in [-0.05, 0) is 61.7 Å². The first-order valence-corrected chi connectivity index (χ1v) is 14.1. The number of hydrogen-bond acceptors (Lipinski definition) is 5. The Bertz CT molecular complexity index is 1630. The number of aliphatic carboxylic acids is 2. The molecule has 7 nitrogen and oxygen atoms in total. The number of nitrogens with zero attached hydrogens (tertiary/aromatic N) is 1. The van der Waals surface area contributed by atoms with Crippen molar-refractivity contribution in [3.05, 3.63) is 96.1 Å². The fourth-order valence-corrected chi connectivity index (χ4v) is 4.87. The fraction of sp³-hybridized carbons (Fsp3) is 0.229. The molecular formula is C35H33NO6. The summed E-state index contributed by atoms with van der Waals surface area (Å²) in [5.74, 6) is -1.91. The first-order valence-electron chi connectivity index (χ1n) is 14.1. The van der Waals surface area contributed by atoms with Crippen LogP contribution in [0.25, 0.3) is 44.8 Å². The summed E-state index contributed by atoms with van der Waals surface area (Å²) in [5, 5.41) is 20.0. The van der Waals surface area contributed by atoms with Crippen LogP contribution >= 0.6 is 0 Å². The van der Waals surface area contributed by atoms with E-state index in [1.165, 1.54) is 11.1 Å². The molecule has 0 bridgehead atoms. The Balaban J connectivity index is 1.30. The smallest absolute Gasteiger partial charge is 0.317 e. The van der Waals surface area contributed by atoms with Crippen molar-refractivity contribution in [2.24, 2.45) is 5.92 Å². The zero-order valence-corrected chi connectivity index (χ0v) is 23.7. The summed E-state index contributed by atoms with van der Waals surface area (Å²) < 4.78 is 12.3. The van der Waals surface area contributed by atoms with Gasteiger partial charge in [0.1, 0.15) is 11.4 Å². The molecule has 7 heteroatoms. The molecule has 0 amide bonds. The Labute approximate surface area is 244 Å². The van der Waals surface area contributed by atoms with Crippen LogP contribution in [0.4, 0.5) is 0 Å². The highest BCUT2D eigenvalue weighted by Gasteiger charge is 2.24. The molecule has 0 saturated heterocycles. The molecule has 1 aromatic heterocycles. The molecule has 2 N–H and O–H groups in total. The van der Waals surface area contributed by atoms with Crippen molar-refractivity contribution in [2.45, 2.75) is 39.5 Å². The first-order chi connectivity index (χ1) is 20.3. The average molecular weight is 564 g/mol. The monoisotopic (exact) mass is 563 g/mol. The van der Waals surface area contributed by atoms with Crippen LogP contribution < -0.4 is 4.74 Å². The normalized spacial score (nSPS) is 11.2. The maximum atomic E-state index is 11.0. The highest BCUT2D eigenvalue weighted by atomic mass is 16.5. The molecule has 0 fully saturated rings. The van der Waals surface area contributed by atoms with Gasteiger partial charge >= 0.3 is 11.9 Å². The quantitative estimate of drug-likeness (QED) is 0.116. The van der Waals surface area contributed by atoms with Crippen LogP contribution in [-0.4, -0.2) is 33.7 Å². The number of unbranched alkanes of at least 4 members (excludes halogenated alkanes) is 2. The number of oxazole rings is 1. The van der Waals surface area contributed by atoms with E-state index in [0.717, 1.165) is 44.7 Å². The van der Waals surface area contributed by atoms with E-state index in [2.05, 4.69) is 68.4 Å². The Morgan fingerprint density at radius 2 is 1.33 bits per heavy atom. The van der Waals surface area contributed by atoms with Gasteiger partial charge in [-0.25, -0.2) is 4.98 Å². The fourth-order valence-electron chi connectivity index (χ4n) is 4.87. The van der Waals surface area contributed by atoms with Crippen molar-refractivity contribution in [2.75, 3.05) is 6.61 Å². The first kappa shape index (κ1) is 28.6. The predicted molar refractivity (Wildman–Crippen MR) is 163 cm³/mol. The second kappa shape index (κ2) is 12.7. The van der Waals surface area contributed by atoms with Gasteiger partial charge in [-0.3, -0.25) is 9.59 Å². The molecule has 0 saturated carbocycles. The van der Waals surface area contributed by atoms with Crippen molar-refractivity contribution in [3.63, 3.8) is 0 Å². The van der Waals surface area contributed by atoms with Crippen LogP contribution in [0.3, 0.4) is 0 Å². The molecule has 0 aliphatic heterocycles. The van der Waals surface area contributed by atoms with E-state index < -0.39 is 17.9 Å². The van der Waals surface area contributed by atoms with E-state index in [9.17, 15) is 9.59 Å². The van der Waals surface area contributed by atoms with Crippen LogP contribution in [0.15, 0.2) is 89.3 Å². The van der Waals surface area contributed by atoms with E-state index in [-0.39, 0.29) is 6.42 Å². The highest BCUT2D eigenvalue weighted by Crippen LogP contribution is 2.37. The number of carboxylic acid groups (broad SMARTS) is 2. The van der Waals surface area contributed by atoms with E-state index in [1.54, 1.807) is 0 Å². The van der Waals surface area contributed by atoms with Gasteiger partial charge in [-0.2, -0.15) is 0 Å². The van der Waals surface area contributed by atoms with Gasteiger partial charge in [0.05, 0.1) is 6.61 Å². The second-order valence-corrected chi connectivity index (χ2v) is 10.6. The maximum Gasteiger partial charge on any atom is 0.317 e. The molecule has 5 aromatic rings. The number of carboxylic acids is 2. The topological polar surface area (TPSA) is 110 Å². The molecule has 0 aliphatic rings. The summed E-state index contributed by atoms with van der Waals surface area (Å²) in [6, 6.07) is 28.5. The summed E-state index contributed by atoms with van der Waals surface area (Å²) in [6.07, 6.45) is 2.04. The Morgan fingerprint density at radius 3 is 2.00 bits per heavy atom. The van der Waals surface area contributed by atoms with Gasteiger partial charge in [-0.1, -0.05) is 84.6 Å². The third-order valence-electron chi connectivity index (χ3n) is 7.33. The number of hydrogen-bond donors (Lipinski definition) is 2. The minimum absolute atomic E-state index is 0.118. The molecule has 0 radical (unpaired) electrons. The van der Waals surface area contributed by atoms with Crippen molar-refractivity contribution < 1.29 is 29.0 Å².